The van der Waals surface area contributed by atoms with Crippen LogP contribution in [-0.4, -0.2) is 43.4 Å². The van der Waals surface area contributed by atoms with Gasteiger partial charge in [-0.25, -0.2) is 15.0 Å². The van der Waals surface area contributed by atoms with Crippen molar-refractivity contribution >= 4 is 22.9 Å². The zero-order valence-electron chi connectivity index (χ0n) is 15.1. The highest BCUT2D eigenvalue weighted by Crippen LogP contribution is 2.37. The van der Waals surface area contributed by atoms with Crippen molar-refractivity contribution < 1.29 is 4.79 Å². The van der Waals surface area contributed by atoms with E-state index in [0.717, 1.165) is 23.5 Å². The molecule has 7 heteroatoms. The van der Waals surface area contributed by atoms with E-state index in [4.69, 9.17) is 0 Å². The molecule has 0 spiro atoms. The van der Waals surface area contributed by atoms with E-state index in [1.807, 2.05) is 29.4 Å². The summed E-state index contributed by atoms with van der Waals surface area (Å²) in [6, 6.07) is 10.7. The summed E-state index contributed by atoms with van der Waals surface area (Å²) in [5.74, 6) is 1.25. The summed E-state index contributed by atoms with van der Waals surface area (Å²) in [6.07, 6.45) is 6.42. The van der Waals surface area contributed by atoms with Crippen molar-refractivity contribution in [1.29, 1.82) is 0 Å². The number of rotatable bonds is 6. The molecular weight excluding hydrogens is 340 g/mol. The van der Waals surface area contributed by atoms with Crippen LogP contribution < -0.4 is 5.32 Å². The van der Waals surface area contributed by atoms with Crippen LogP contribution in [0.5, 0.6) is 0 Å². The molecule has 1 N–H and O–H groups in total. The van der Waals surface area contributed by atoms with Gasteiger partial charge in [0.2, 0.25) is 5.91 Å². The molecule has 7 nitrogen and oxygen atoms in total. The Morgan fingerprint density at radius 1 is 1.11 bits per heavy atom. The molecular formula is C20H22N6O. The van der Waals surface area contributed by atoms with Gasteiger partial charge in [0, 0.05) is 38.0 Å². The normalized spacial score (nSPS) is 19.8. The van der Waals surface area contributed by atoms with Gasteiger partial charge >= 0.3 is 0 Å². The molecule has 1 amide bonds. The van der Waals surface area contributed by atoms with Gasteiger partial charge < -0.3 is 14.8 Å². The first-order valence-corrected chi connectivity index (χ1v) is 9.51. The van der Waals surface area contributed by atoms with Crippen LogP contribution in [0.15, 0.2) is 43.0 Å². The highest BCUT2D eigenvalue weighted by molar-refractivity contribution is 5.83. The lowest BCUT2D eigenvalue weighted by Gasteiger charge is -2.17. The number of benzene rings is 1. The van der Waals surface area contributed by atoms with E-state index in [1.165, 1.54) is 18.4 Å². The number of amides is 1. The lowest BCUT2D eigenvalue weighted by molar-refractivity contribution is -0.128. The Bertz CT molecular complexity index is 965. The molecule has 2 aliphatic rings. The van der Waals surface area contributed by atoms with Crippen molar-refractivity contribution in [2.45, 2.75) is 31.8 Å². The van der Waals surface area contributed by atoms with Crippen LogP contribution >= 0.6 is 0 Å². The van der Waals surface area contributed by atoms with E-state index >= 15 is 0 Å². The van der Waals surface area contributed by atoms with E-state index in [-0.39, 0.29) is 11.8 Å². The molecule has 1 atom stereocenters. The molecule has 27 heavy (non-hydrogen) atoms. The first-order valence-electron chi connectivity index (χ1n) is 9.51. The van der Waals surface area contributed by atoms with Gasteiger partial charge in [0.05, 0.1) is 6.33 Å². The van der Waals surface area contributed by atoms with Crippen LogP contribution in [0.1, 0.15) is 30.9 Å². The first-order chi connectivity index (χ1) is 13.3. The minimum atomic E-state index is 0.219. The summed E-state index contributed by atoms with van der Waals surface area (Å²) in [4.78, 5) is 27.6. The molecule has 3 heterocycles. The van der Waals surface area contributed by atoms with E-state index in [0.29, 0.717) is 25.6 Å². The number of carbonyl (C=O) groups is 1. The molecule has 2 aromatic heterocycles. The maximum Gasteiger partial charge on any atom is 0.223 e. The van der Waals surface area contributed by atoms with Gasteiger partial charge in [-0.05, 0) is 18.4 Å². The fourth-order valence-electron chi connectivity index (χ4n) is 3.79. The summed E-state index contributed by atoms with van der Waals surface area (Å²) in [6.45, 7) is 2.16. The molecule has 2 fully saturated rings. The molecule has 3 aromatic rings. The summed E-state index contributed by atoms with van der Waals surface area (Å²) < 4.78 is 2.14. The Kier molecular flexibility index (Phi) is 3.99. The lowest BCUT2D eigenvalue weighted by atomic mass is 10.1. The van der Waals surface area contributed by atoms with Gasteiger partial charge in [-0.1, -0.05) is 30.3 Å². The molecule has 1 unspecified atom stereocenters. The van der Waals surface area contributed by atoms with Crippen molar-refractivity contribution in [3.8, 4) is 0 Å². The number of fused-ring (bicyclic) bond motifs is 1. The Balaban J connectivity index is 1.24. The van der Waals surface area contributed by atoms with Crippen LogP contribution in [0.2, 0.25) is 0 Å². The molecule has 0 radical (unpaired) electrons. The lowest BCUT2D eigenvalue weighted by Crippen LogP contribution is -2.25. The third kappa shape index (κ3) is 3.25. The van der Waals surface area contributed by atoms with Gasteiger partial charge in [-0.2, -0.15) is 0 Å². The zero-order valence-corrected chi connectivity index (χ0v) is 15.1. The molecule has 1 aromatic carbocycles. The second kappa shape index (κ2) is 6.64. The van der Waals surface area contributed by atoms with Crippen molar-refractivity contribution in [3.63, 3.8) is 0 Å². The number of imidazole rings is 1. The third-order valence-corrected chi connectivity index (χ3v) is 5.37. The number of nitrogens with one attached hydrogen (secondary N) is 1. The van der Waals surface area contributed by atoms with Crippen LogP contribution in [0.3, 0.4) is 0 Å². The van der Waals surface area contributed by atoms with Gasteiger partial charge in [-0.15, -0.1) is 0 Å². The minimum absolute atomic E-state index is 0.219. The number of carbonyl (C=O) groups excluding carboxylic acids is 1. The van der Waals surface area contributed by atoms with E-state index in [9.17, 15) is 4.79 Å². The van der Waals surface area contributed by atoms with Crippen LogP contribution in [-0.2, 0) is 11.3 Å². The van der Waals surface area contributed by atoms with Crippen molar-refractivity contribution in [3.05, 3.63) is 48.5 Å². The fraction of sp³-hybridized carbons (Fsp3) is 0.400. The van der Waals surface area contributed by atoms with Crippen molar-refractivity contribution in [1.82, 2.24) is 24.4 Å². The van der Waals surface area contributed by atoms with Gasteiger partial charge in [0.1, 0.15) is 11.8 Å². The SMILES string of the molecule is O=C1CC(CNc2ncnc3c2ncn3C2CC2)CN1Cc1ccccc1. The third-order valence-electron chi connectivity index (χ3n) is 5.37. The Hall–Kier alpha value is -2.96. The average Bonchev–Trinajstić information content (AvgIpc) is 3.34. The largest absolute Gasteiger partial charge is 0.368 e. The first kappa shape index (κ1) is 16.2. The number of hydrogen-bond donors (Lipinski definition) is 1. The van der Waals surface area contributed by atoms with Crippen LogP contribution in [0.25, 0.3) is 11.2 Å². The van der Waals surface area contributed by atoms with Crippen LogP contribution in [0, 0.1) is 5.92 Å². The number of anilines is 1. The smallest absolute Gasteiger partial charge is 0.223 e. The highest BCUT2D eigenvalue weighted by Gasteiger charge is 2.30. The van der Waals surface area contributed by atoms with Gasteiger partial charge in [-0.3, -0.25) is 4.79 Å². The maximum atomic E-state index is 12.4. The van der Waals surface area contributed by atoms with Crippen molar-refractivity contribution in [2.75, 3.05) is 18.4 Å². The second-order valence-electron chi connectivity index (χ2n) is 7.49. The summed E-state index contributed by atoms with van der Waals surface area (Å²) in [7, 11) is 0. The average molecular weight is 362 g/mol. The standard InChI is InChI=1S/C20H22N6O/c27-17-8-15(11-25(17)10-14-4-2-1-3-5-14)9-21-19-18-20(23-12-22-19)26(13-24-18)16-6-7-16/h1-5,12-13,15-16H,6-11H2,(H,21,22,23). The number of aromatic nitrogens is 4. The quantitative estimate of drug-likeness (QED) is 0.729. The molecule has 5 rings (SSSR count). The van der Waals surface area contributed by atoms with Crippen molar-refractivity contribution in [2.24, 2.45) is 5.92 Å². The molecule has 1 aliphatic carbocycles. The maximum absolute atomic E-state index is 12.4. The molecule has 0 bridgehead atoms. The number of nitrogens with zero attached hydrogens (tertiary/aromatic N) is 5. The van der Waals surface area contributed by atoms with Gasteiger partial charge in [0.15, 0.2) is 11.5 Å². The van der Waals surface area contributed by atoms with Gasteiger partial charge in [0.25, 0.3) is 0 Å². The predicted octanol–water partition coefficient (Wildman–Crippen LogP) is 2.62. The molecule has 1 saturated carbocycles. The monoisotopic (exact) mass is 362 g/mol. The number of likely N-dealkylation sites (tertiary alicyclic amines) is 1. The Morgan fingerprint density at radius 2 is 1.96 bits per heavy atom. The van der Waals surface area contributed by atoms with E-state index in [2.05, 4.69) is 37.0 Å². The number of hydrogen-bond acceptors (Lipinski definition) is 5. The Labute approximate surface area is 157 Å². The molecule has 1 aliphatic heterocycles. The Morgan fingerprint density at radius 3 is 2.78 bits per heavy atom. The summed E-state index contributed by atoms with van der Waals surface area (Å²) in [5, 5.41) is 3.40. The fourth-order valence-corrected chi connectivity index (χ4v) is 3.79. The highest BCUT2D eigenvalue weighted by atomic mass is 16.2. The summed E-state index contributed by atoms with van der Waals surface area (Å²) in [5.41, 5.74) is 2.88. The topological polar surface area (TPSA) is 75.9 Å². The predicted molar refractivity (Wildman–Crippen MR) is 102 cm³/mol. The minimum Gasteiger partial charge on any atom is -0.368 e. The summed E-state index contributed by atoms with van der Waals surface area (Å²) >= 11 is 0. The zero-order chi connectivity index (χ0) is 18.2. The molecule has 1 saturated heterocycles. The molecule has 138 valence electrons. The van der Waals surface area contributed by atoms with Crippen LogP contribution in [0.4, 0.5) is 5.82 Å². The van der Waals surface area contributed by atoms with E-state index in [1.54, 1.807) is 6.33 Å². The second-order valence-corrected chi connectivity index (χ2v) is 7.49. The van der Waals surface area contributed by atoms with E-state index < -0.39 is 0 Å².